The molecule has 1 N–H and O–H groups in total. The van der Waals surface area contributed by atoms with Gasteiger partial charge >= 0.3 is 0 Å². The van der Waals surface area contributed by atoms with Gasteiger partial charge in [0.05, 0.1) is 10.5 Å². The smallest absolute Gasteiger partial charge is 0.239 e. The van der Waals surface area contributed by atoms with E-state index in [0.29, 0.717) is 0 Å². The zero-order valence-corrected chi connectivity index (χ0v) is 13.6. The van der Waals surface area contributed by atoms with Crippen LogP contribution in [-0.4, -0.2) is 10.7 Å². The van der Waals surface area contributed by atoms with E-state index in [0.717, 1.165) is 5.56 Å². The summed E-state index contributed by atoms with van der Waals surface area (Å²) in [5.74, 6) is -0.757. The molecule has 0 aliphatic rings. The van der Waals surface area contributed by atoms with Crippen molar-refractivity contribution in [2.24, 2.45) is 0 Å². The Morgan fingerprint density at radius 3 is 2.25 bits per heavy atom. The van der Waals surface area contributed by atoms with E-state index in [-0.39, 0.29) is 16.4 Å². The molecular formula is C15H12Br2FNO. The molecule has 0 aliphatic heterocycles. The molecule has 0 saturated carbocycles. The average Bonchev–Trinajstić information content (AvgIpc) is 2.49. The number of alkyl halides is 2. The lowest BCUT2D eigenvalue weighted by Gasteiger charge is -2.17. The molecule has 0 saturated heterocycles. The minimum Gasteiger partial charge on any atom is -0.323 e. The summed E-state index contributed by atoms with van der Waals surface area (Å²) in [5, 5.41) is 2.57. The molecular weight excluding hydrogens is 389 g/mol. The molecule has 0 radical (unpaired) electrons. The van der Waals surface area contributed by atoms with Crippen molar-refractivity contribution in [3.8, 4) is 0 Å². The van der Waals surface area contributed by atoms with Gasteiger partial charge in [-0.05, 0) is 17.7 Å². The fourth-order valence-corrected chi connectivity index (χ4v) is 2.67. The number of amides is 1. The molecule has 0 aromatic heterocycles. The number of benzene rings is 2. The molecule has 2 aromatic rings. The number of nitrogens with one attached hydrogen (secondary N) is 1. The molecule has 2 aromatic carbocycles. The number of halogens is 3. The summed E-state index contributed by atoms with van der Waals surface area (Å²) >= 11 is 6.83. The van der Waals surface area contributed by atoms with Crippen LogP contribution in [-0.2, 0) is 4.79 Å². The fraction of sp³-hybridized carbons (Fsp3) is 0.133. The summed E-state index contributed by atoms with van der Waals surface area (Å²) in [6.45, 7) is 0. The fourth-order valence-electron chi connectivity index (χ4n) is 1.70. The van der Waals surface area contributed by atoms with Crippen LogP contribution in [0.3, 0.4) is 0 Å². The van der Waals surface area contributed by atoms with E-state index in [1.807, 2.05) is 30.3 Å². The first-order chi connectivity index (χ1) is 9.59. The van der Waals surface area contributed by atoms with E-state index in [9.17, 15) is 9.18 Å². The molecule has 0 spiro atoms. The van der Waals surface area contributed by atoms with Crippen molar-refractivity contribution in [2.75, 3.05) is 5.32 Å². The second-order valence-electron chi connectivity index (χ2n) is 4.18. The van der Waals surface area contributed by atoms with Crippen molar-refractivity contribution in [3.05, 3.63) is 66.0 Å². The summed E-state index contributed by atoms with van der Waals surface area (Å²) in [4.78, 5) is 11.4. The molecule has 2 rings (SSSR count). The Morgan fingerprint density at radius 1 is 1.00 bits per heavy atom. The van der Waals surface area contributed by atoms with Gasteiger partial charge in [-0.3, -0.25) is 4.79 Å². The van der Waals surface area contributed by atoms with Crippen molar-refractivity contribution >= 4 is 43.5 Å². The van der Waals surface area contributed by atoms with Crippen LogP contribution in [0.1, 0.15) is 10.4 Å². The van der Waals surface area contributed by atoms with Gasteiger partial charge in [0, 0.05) is 0 Å². The number of hydrogen-bond donors (Lipinski definition) is 1. The van der Waals surface area contributed by atoms with E-state index in [1.165, 1.54) is 12.1 Å². The van der Waals surface area contributed by atoms with Crippen molar-refractivity contribution < 1.29 is 9.18 Å². The Bertz CT molecular complexity index is 591. The van der Waals surface area contributed by atoms with Gasteiger partial charge in [0.2, 0.25) is 5.91 Å². The van der Waals surface area contributed by atoms with E-state index in [1.54, 1.807) is 12.1 Å². The van der Waals surface area contributed by atoms with E-state index >= 15 is 0 Å². The van der Waals surface area contributed by atoms with Crippen LogP contribution in [0.2, 0.25) is 0 Å². The van der Waals surface area contributed by atoms with Crippen LogP contribution in [0.4, 0.5) is 10.1 Å². The van der Waals surface area contributed by atoms with Gasteiger partial charge in [-0.25, -0.2) is 4.39 Å². The number of carbonyl (C=O) groups excluding carboxylic acids is 1. The maximum absolute atomic E-state index is 13.5. The highest BCUT2D eigenvalue weighted by Crippen LogP contribution is 2.31. The molecule has 0 fully saturated rings. The Kier molecular flexibility index (Phi) is 5.31. The van der Waals surface area contributed by atoms with Crippen LogP contribution in [0.25, 0.3) is 0 Å². The highest BCUT2D eigenvalue weighted by molar-refractivity contribution is 9.12. The highest BCUT2D eigenvalue weighted by Gasteiger charge is 2.25. The highest BCUT2D eigenvalue weighted by atomic mass is 79.9. The van der Waals surface area contributed by atoms with E-state index in [4.69, 9.17) is 0 Å². The zero-order valence-electron chi connectivity index (χ0n) is 10.4. The minimum absolute atomic E-state index is 0.176. The van der Waals surface area contributed by atoms with Crippen molar-refractivity contribution in [2.45, 2.75) is 9.65 Å². The average molecular weight is 401 g/mol. The number of hydrogen-bond acceptors (Lipinski definition) is 1. The molecule has 20 heavy (non-hydrogen) atoms. The Hall–Kier alpha value is -1.20. The third kappa shape index (κ3) is 3.67. The standard InChI is InChI=1S/C15H12Br2FNO/c16-13(10-6-2-1-3-7-10)14(17)15(20)19-12-9-5-4-8-11(12)18/h1-9,13-14H,(H,19,20). The van der Waals surface area contributed by atoms with Gasteiger partial charge in [-0.15, -0.1) is 0 Å². The molecule has 5 heteroatoms. The lowest BCUT2D eigenvalue weighted by atomic mass is 10.1. The van der Waals surface area contributed by atoms with Crippen LogP contribution in [0, 0.1) is 5.82 Å². The number of anilines is 1. The van der Waals surface area contributed by atoms with Crippen LogP contribution < -0.4 is 5.32 Å². The number of carbonyl (C=O) groups is 1. The maximum atomic E-state index is 13.5. The third-order valence-corrected chi connectivity index (χ3v) is 5.47. The summed E-state index contributed by atoms with van der Waals surface area (Å²) in [6.07, 6.45) is 0. The second kappa shape index (κ2) is 6.99. The Balaban J connectivity index is 2.08. The first-order valence-electron chi connectivity index (χ1n) is 5.98. The van der Waals surface area contributed by atoms with Crippen LogP contribution >= 0.6 is 31.9 Å². The van der Waals surface area contributed by atoms with Gasteiger partial charge in [-0.1, -0.05) is 74.3 Å². The SMILES string of the molecule is O=C(Nc1ccccc1F)C(Br)C(Br)c1ccccc1. The van der Waals surface area contributed by atoms with E-state index < -0.39 is 10.6 Å². The minimum atomic E-state index is -0.510. The topological polar surface area (TPSA) is 29.1 Å². The predicted molar refractivity (Wildman–Crippen MR) is 85.9 cm³/mol. The largest absolute Gasteiger partial charge is 0.323 e. The monoisotopic (exact) mass is 399 g/mol. The van der Waals surface area contributed by atoms with Gasteiger partial charge in [0.15, 0.2) is 0 Å². The van der Waals surface area contributed by atoms with Gasteiger partial charge in [-0.2, -0.15) is 0 Å². The van der Waals surface area contributed by atoms with Gasteiger partial charge in [0.25, 0.3) is 0 Å². The second-order valence-corrected chi connectivity index (χ2v) is 6.16. The first-order valence-corrected chi connectivity index (χ1v) is 7.81. The zero-order chi connectivity index (χ0) is 14.5. The molecule has 0 heterocycles. The van der Waals surface area contributed by atoms with Crippen LogP contribution in [0.5, 0.6) is 0 Å². The molecule has 1 amide bonds. The quantitative estimate of drug-likeness (QED) is 0.742. The van der Waals surface area contributed by atoms with E-state index in [2.05, 4.69) is 37.2 Å². The van der Waals surface area contributed by atoms with Crippen molar-refractivity contribution in [1.29, 1.82) is 0 Å². The third-order valence-electron chi connectivity index (χ3n) is 2.76. The summed E-state index contributed by atoms with van der Waals surface area (Å²) in [5.41, 5.74) is 1.15. The number of rotatable bonds is 4. The molecule has 2 atom stereocenters. The predicted octanol–water partition coefficient (Wildman–Crippen LogP) is 4.66. The van der Waals surface area contributed by atoms with Gasteiger partial charge < -0.3 is 5.32 Å². The molecule has 2 unspecified atom stereocenters. The molecule has 0 aliphatic carbocycles. The number of para-hydroxylation sites is 1. The van der Waals surface area contributed by atoms with Gasteiger partial charge in [0.1, 0.15) is 10.6 Å². The maximum Gasteiger partial charge on any atom is 0.239 e. The summed E-state index contributed by atoms with van der Waals surface area (Å²) in [6, 6.07) is 15.6. The molecule has 0 bridgehead atoms. The van der Waals surface area contributed by atoms with Crippen molar-refractivity contribution in [1.82, 2.24) is 0 Å². The summed E-state index contributed by atoms with van der Waals surface area (Å²) in [7, 11) is 0. The lowest BCUT2D eigenvalue weighted by molar-refractivity contribution is -0.115. The van der Waals surface area contributed by atoms with Crippen LogP contribution in [0.15, 0.2) is 54.6 Å². The molecule has 104 valence electrons. The molecule has 2 nitrogen and oxygen atoms in total. The lowest BCUT2D eigenvalue weighted by Crippen LogP contribution is -2.26. The first kappa shape index (κ1) is 15.2. The Morgan fingerprint density at radius 2 is 1.60 bits per heavy atom. The Labute approximate surface area is 133 Å². The normalized spacial score (nSPS) is 13.6. The summed E-state index contributed by atoms with van der Waals surface area (Å²) < 4.78 is 13.5. The van der Waals surface area contributed by atoms with Crippen molar-refractivity contribution in [3.63, 3.8) is 0 Å².